The Morgan fingerprint density at radius 3 is 2.88 bits per heavy atom. The minimum atomic E-state index is -0.0699. The van der Waals surface area contributed by atoms with Gasteiger partial charge in [0, 0.05) is 23.2 Å². The second kappa shape index (κ2) is 6.62. The summed E-state index contributed by atoms with van der Waals surface area (Å²) in [5.74, 6) is -0.0590. The van der Waals surface area contributed by atoms with Gasteiger partial charge in [-0.15, -0.1) is 0 Å². The molecule has 1 rings (SSSR count). The molecule has 0 heterocycles. The van der Waals surface area contributed by atoms with Gasteiger partial charge in [-0.1, -0.05) is 31.0 Å². The molecule has 0 aliphatic rings. The van der Waals surface area contributed by atoms with Crippen LogP contribution in [0.1, 0.15) is 31.7 Å². The monoisotopic (exact) mass is 254 g/mol. The first-order valence-electron chi connectivity index (χ1n) is 5.85. The third-order valence-corrected chi connectivity index (χ3v) is 3.06. The Labute approximate surface area is 107 Å². The van der Waals surface area contributed by atoms with E-state index in [-0.39, 0.29) is 11.9 Å². The zero-order valence-corrected chi connectivity index (χ0v) is 11.1. The Balaban J connectivity index is 2.59. The molecule has 1 aromatic carbocycles. The van der Waals surface area contributed by atoms with Gasteiger partial charge in [-0.05, 0) is 31.0 Å². The van der Waals surface area contributed by atoms with E-state index in [4.69, 9.17) is 17.3 Å². The molecule has 3 N–H and O–H groups in total. The number of rotatable bonds is 5. The predicted octanol–water partition coefficient (Wildman–Crippen LogP) is 3.10. The number of amides is 1. The summed E-state index contributed by atoms with van der Waals surface area (Å²) >= 11 is 5.98. The number of hydrogen-bond acceptors (Lipinski definition) is 2. The summed E-state index contributed by atoms with van der Waals surface area (Å²) in [6.45, 7) is 3.93. The molecular formula is C13H19ClN2O. The highest BCUT2D eigenvalue weighted by Gasteiger charge is 2.10. The molecule has 94 valence electrons. The Bertz CT molecular complexity index is 393. The number of nitrogens with two attached hydrogens (primary N) is 1. The van der Waals surface area contributed by atoms with Crippen molar-refractivity contribution in [3.8, 4) is 0 Å². The lowest BCUT2D eigenvalue weighted by Crippen LogP contribution is -2.27. The van der Waals surface area contributed by atoms with E-state index in [0.29, 0.717) is 11.4 Å². The first kappa shape index (κ1) is 14.0. The summed E-state index contributed by atoms with van der Waals surface area (Å²) < 4.78 is 0. The topological polar surface area (TPSA) is 55.1 Å². The number of anilines is 1. The fraction of sp³-hybridized carbons (Fsp3) is 0.462. The normalized spacial score (nSPS) is 12.2. The molecule has 0 aromatic heterocycles. The molecule has 1 aromatic rings. The molecule has 1 atom stereocenters. The van der Waals surface area contributed by atoms with E-state index in [0.717, 1.165) is 24.1 Å². The SMILES string of the molecule is CCCC(N)CC(=O)Nc1cccc(Cl)c1C. The van der Waals surface area contributed by atoms with E-state index in [2.05, 4.69) is 12.2 Å². The average Bonchev–Trinajstić information content (AvgIpc) is 2.25. The van der Waals surface area contributed by atoms with Gasteiger partial charge >= 0.3 is 0 Å². The van der Waals surface area contributed by atoms with Gasteiger partial charge in [0.15, 0.2) is 0 Å². The van der Waals surface area contributed by atoms with Crippen molar-refractivity contribution in [1.29, 1.82) is 0 Å². The van der Waals surface area contributed by atoms with Crippen molar-refractivity contribution >= 4 is 23.2 Å². The van der Waals surface area contributed by atoms with Crippen LogP contribution in [0.3, 0.4) is 0 Å². The van der Waals surface area contributed by atoms with Gasteiger partial charge in [0.25, 0.3) is 0 Å². The molecule has 0 saturated carbocycles. The molecule has 0 saturated heterocycles. The Hall–Kier alpha value is -1.06. The van der Waals surface area contributed by atoms with Gasteiger partial charge in [0.05, 0.1) is 0 Å². The summed E-state index contributed by atoms with van der Waals surface area (Å²) in [4.78, 5) is 11.7. The number of hydrogen-bond donors (Lipinski definition) is 2. The Morgan fingerprint density at radius 2 is 2.24 bits per heavy atom. The van der Waals surface area contributed by atoms with Crippen molar-refractivity contribution in [3.05, 3.63) is 28.8 Å². The van der Waals surface area contributed by atoms with Crippen LogP contribution >= 0.6 is 11.6 Å². The second-order valence-corrected chi connectivity index (χ2v) is 4.62. The number of carbonyl (C=O) groups excluding carboxylic acids is 1. The minimum absolute atomic E-state index is 0.0590. The van der Waals surface area contributed by atoms with E-state index >= 15 is 0 Å². The first-order valence-corrected chi connectivity index (χ1v) is 6.23. The lowest BCUT2D eigenvalue weighted by molar-refractivity contribution is -0.116. The van der Waals surface area contributed by atoms with Crippen LogP contribution in [0, 0.1) is 6.92 Å². The average molecular weight is 255 g/mol. The molecule has 0 bridgehead atoms. The van der Waals surface area contributed by atoms with Crippen molar-refractivity contribution in [2.75, 3.05) is 5.32 Å². The highest BCUT2D eigenvalue weighted by atomic mass is 35.5. The first-order chi connectivity index (χ1) is 8.04. The van der Waals surface area contributed by atoms with Gasteiger partial charge in [-0.25, -0.2) is 0 Å². The number of benzene rings is 1. The summed E-state index contributed by atoms with van der Waals surface area (Å²) in [6, 6.07) is 5.39. The minimum Gasteiger partial charge on any atom is -0.327 e. The molecule has 0 radical (unpaired) electrons. The smallest absolute Gasteiger partial charge is 0.225 e. The molecule has 0 fully saturated rings. The lowest BCUT2D eigenvalue weighted by Gasteiger charge is -2.12. The highest BCUT2D eigenvalue weighted by Crippen LogP contribution is 2.23. The summed E-state index contributed by atoms with van der Waals surface area (Å²) in [5, 5.41) is 3.49. The van der Waals surface area contributed by atoms with E-state index in [1.54, 1.807) is 6.07 Å². The molecule has 4 heteroatoms. The van der Waals surface area contributed by atoms with E-state index in [9.17, 15) is 4.79 Å². The summed E-state index contributed by atoms with van der Waals surface area (Å²) in [6.07, 6.45) is 2.20. The van der Waals surface area contributed by atoms with Crippen molar-refractivity contribution in [2.24, 2.45) is 5.73 Å². The standard InChI is InChI=1S/C13H19ClN2O/c1-3-5-10(15)8-13(17)16-12-7-4-6-11(14)9(12)2/h4,6-7,10H,3,5,8,15H2,1-2H3,(H,16,17). The maximum Gasteiger partial charge on any atom is 0.225 e. The third kappa shape index (κ3) is 4.36. The molecule has 0 spiro atoms. The van der Waals surface area contributed by atoms with Crippen molar-refractivity contribution in [1.82, 2.24) is 0 Å². The van der Waals surface area contributed by atoms with Crippen LogP contribution in [0.25, 0.3) is 0 Å². The molecule has 0 aliphatic heterocycles. The van der Waals surface area contributed by atoms with Crippen LogP contribution < -0.4 is 11.1 Å². The van der Waals surface area contributed by atoms with Crippen LogP contribution in [0.2, 0.25) is 5.02 Å². The van der Waals surface area contributed by atoms with Gasteiger partial charge in [0.2, 0.25) is 5.91 Å². The molecule has 1 amide bonds. The molecule has 0 aliphatic carbocycles. The Kier molecular flexibility index (Phi) is 5.45. The Morgan fingerprint density at radius 1 is 1.53 bits per heavy atom. The summed E-state index contributed by atoms with van der Waals surface area (Å²) in [5.41, 5.74) is 7.46. The van der Waals surface area contributed by atoms with Gasteiger partial charge in [-0.3, -0.25) is 4.79 Å². The zero-order valence-electron chi connectivity index (χ0n) is 10.3. The number of halogens is 1. The van der Waals surface area contributed by atoms with E-state index in [1.165, 1.54) is 0 Å². The van der Waals surface area contributed by atoms with Gasteiger partial charge < -0.3 is 11.1 Å². The summed E-state index contributed by atoms with van der Waals surface area (Å²) in [7, 11) is 0. The molecule has 17 heavy (non-hydrogen) atoms. The lowest BCUT2D eigenvalue weighted by atomic mass is 10.1. The maximum atomic E-state index is 11.7. The second-order valence-electron chi connectivity index (χ2n) is 4.21. The van der Waals surface area contributed by atoms with Crippen LogP contribution in [0.15, 0.2) is 18.2 Å². The maximum absolute atomic E-state index is 11.7. The number of nitrogens with one attached hydrogen (secondary N) is 1. The molecular weight excluding hydrogens is 236 g/mol. The largest absolute Gasteiger partial charge is 0.327 e. The van der Waals surface area contributed by atoms with Crippen LogP contribution in [-0.2, 0) is 4.79 Å². The number of carbonyl (C=O) groups is 1. The molecule has 1 unspecified atom stereocenters. The van der Waals surface area contributed by atoms with Gasteiger partial charge in [0.1, 0.15) is 0 Å². The fourth-order valence-electron chi connectivity index (χ4n) is 1.66. The van der Waals surface area contributed by atoms with E-state index in [1.807, 2.05) is 19.1 Å². The van der Waals surface area contributed by atoms with Crippen LogP contribution in [0.4, 0.5) is 5.69 Å². The predicted molar refractivity (Wildman–Crippen MR) is 72.3 cm³/mol. The third-order valence-electron chi connectivity index (χ3n) is 2.65. The van der Waals surface area contributed by atoms with Crippen molar-refractivity contribution < 1.29 is 4.79 Å². The van der Waals surface area contributed by atoms with E-state index < -0.39 is 0 Å². The van der Waals surface area contributed by atoms with Gasteiger partial charge in [-0.2, -0.15) is 0 Å². The van der Waals surface area contributed by atoms with Crippen LogP contribution in [0.5, 0.6) is 0 Å². The van der Waals surface area contributed by atoms with Crippen molar-refractivity contribution in [2.45, 2.75) is 39.2 Å². The fourth-order valence-corrected chi connectivity index (χ4v) is 1.83. The quantitative estimate of drug-likeness (QED) is 0.848. The molecule has 3 nitrogen and oxygen atoms in total. The highest BCUT2D eigenvalue weighted by molar-refractivity contribution is 6.31. The van der Waals surface area contributed by atoms with Crippen molar-refractivity contribution in [3.63, 3.8) is 0 Å². The zero-order chi connectivity index (χ0) is 12.8. The van der Waals surface area contributed by atoms with Crippen LogP contribution in [-0.4, -0.2) is 11.9 Å².